The molecule has 0 aromatic rings. The first kappa shape index (κ1) is 19.7. The van der Waals surface area contributed by atoms with Crippen LogP contribution in [0.1, 0.15) is 39.0 Å². The van der Waals surface area contributed by atoms with Crippen LogP contribution in [0.4, 0.5) is 4.79 Å². The molecular weight excluding hydrogens is 324 g/mol. The second-order valence-corrected chi connectivity index (χ2v) is 6.69. The maximum Gasteiger partial charge on any atom is 0.321 e. The molecule has 8 heteroatoms. The standard InChI is InChI=1S/C17H30N4O4/c1-2-25-11-3-8-18-16(23)13-6-9-21(10-7-13)12-15(22)20-17(24)19-14-4-5-14/h13-14H,2-12H2,1H3,(H,18,23)(H2,19,20,22,24). The number of carbonyl (C=O) groups excluding carboxylic acids is 3. The molecule has 0 aromatic carbocycles. The van der Waals surface area contributed by atoms with E-state index >= 15 is 0 Å². The van der Waals surface area contributed by atoms with Crippen LogP contribution in [0.2, 0.25) is 0 Å². The highest BCUT2D eigenvalue weighted by Gasteiger charge is 2.27. The number of amides is 4. The van der Waals surface area contributed by atoms with E-state index in [-0.39, 0.29) is 30.3 Å². The molecule has 0 radical (unpaired) electrons. The maximum atomic E-state index is 12.1. The SMILES string of the molecule is CCOCCCNC(=O)C1CCN(CC(=O)NC(=O)NC2CC2)CC1. The predicted molar refractivity (Wildman–Crippen MR) is 93.0 cm³/mol. The molecule has 0 atom stereocenters. The van der Waals surface area contributed by atoms with Gasteiger partial charge < -0.3 is 15.4 Å². The van der Waals surface area contributed by atoms with Gasteiger partial charge in [0, 0.05) is 31.7 Å². The highest BCUT2D eigenvalue weighted by Crippen LogP contribution is 2.18. The molecule has 0 spiro atoms. The van der Waals surface area contributed by atoms with E-state index in [1.807, 2.05) is 11.8 Å². The van der Waals surface area contributed by atoms with Crippen LogP contribution < -0.4 is 16.0 Å². The van der Waals surface area contributed by atoms with E-state index in [4.69, 9.17) is 4.74 Å². The molecule has 1 aliphatic heterocycles. The molecule has 1 saturated heterocycles. The van der Waals surface area contributed by atoms with Crippen molar-refractivity contribution in [3.05, 3.63) is 0 Å². The van der Waals surface area contributed by atoms with Crippen molar-refractivity contribution < 1.29 is 19.1 Å². The number of nitrogens with zero attached hydrogens (tertiary/aromatic N) is 1. The van der Waals surface area contributed by atoms with E-state index in [1.54, 1.807) is 0 Å². The van der Waals surface area contributed by atoms with Crippen molar-refractivity contribution in [2.24, 2.45) is 5.92 Å². The quantitative estimate of drug-likeness (QED) is 0.515. The van der Waals surface area contributed by atoms with Crippen molar-refractivity contribution in [1.82, 2.24) is 20.9 Å². The predicted octanol–water partition coefficient (Wildman–Crippen LogP) is 0.229. The van der Waals surface area contributed by atoms with Gasteiger partial charge in [-0.25, -0.2) is 4.79 Å². The third-order valence-electron chi connectivity index (χ3n) is 4.46. The van der Waals surface area contributed by atoms with Crippen LogP contribution >= 0.6 is 0 Å². The Morgan fingerprint density at radius 2 is 1.84 bits per heavy atom. The van der Waals surface area contributed by atoms with Gasteiger partial charge in [0.25, 0.3) is 0 Å². The summed E-state index contributed by atoms with van der Waals surface area (Å²) in [4.78, 5) is 37.5. The molecule has 3 N–H and O–H groups in total. The van der Waals surface area contributed by atoms with Crippen molar-refractivity contribution in [3.63, 3.8) is 0 Å². The fourth-order valence-corrected chi connectivity index (χ4v) is 2.85. The molecule has 2 rings (SSSR count). The van der Waals surface area contributed by atoms with Gasteiger partial charge in [-0.3, -0.25) is 19.8 Å². The van der Waals surface area contributed by atoms with Crippen molar-refractivity contribution >= 4 is 17.8 Å². The van der Waals surface area contributed by atoms with Gasteiger partial charge in [-0.1, -0.05) is 0 Å². The zero-order valence-corrected chi connectivity index (χ0v) is 15.0. The fourth-order valence-electron chi connectivity index (χ4n) is 2.85. The van der Waals surface area contributed by atoms with Gasteiger partial charge in [0.05, 0.1) is 6.54 Å². The van der Waals surface area contributed by atoms with Crippen molar-refractivity contribution in [2.75, 3.05) is 39.4 Å². The molecule has 1 aliphatic carbocycles. The minimum atomic E-state index is -0.409. The highest BCUT2D eigenvalue weighted by atomic mass is 16.5. The van der Waals surface area contributed by atoms with E-state index in [0.717, 1.165) is 32.1 Å². The van der Waals surface area contributed by atoms with E-state index in [0.29, 0.717) is 32.8 Å². The molecule has 1 heterocycles. The Morgan fingerprint density at radius 3 is 2.48 bits per heavy atom. The molecule has 2 aliphatic rings. The van der Waals surface area contributed by atoms with Crippen LogP contribution in [-0.4, -0.2) is 68.2 Å². The second-order valence-electron chi connectivity index (χ2n) is 6.69. The molecule has 0 bridgehead atoms. The summed E-state index contributed by atoms with van der Waals surface area (Å²) in [6.45, 7) is 5.52. The molecule has 8 nitrogen and oxygen atoms in total. The fraction of sp³-hybridized carbons (Fsp3) is 0.824. The number of likely N-dealkylation sites (tertiary alicyclic amines) is 1. The number of rotatable bonds is 9. The molecule has 4 amide bonds. The Kier molecular flexibility index (Phi) is 8.14. The first-order valence-corrected chi connectivity index (χ1v) is 9.26. The largest absolute Gasteiger partial charge is 0.382 e. The average molecular weight is 354 g/mol. The number of carbonyl (C=O) groups is 3. The van der Waals surface area contributed by atoms with Crippen LogP contribution in [0, 0.1) is 5.92 Å². The average Bonchev–Trinajstić information content (AvgIpc) is 3.38. The van der Waals surface area contributed by atoms with E-state index in [9.17, 15) is 14.4 Å². The first-order valence-electron chi connectivity index (χ1n) is 9.26. The summed E-state index contributed by atoms with van der Waals surface area (Å²) in [5.41, 5.74) is 0. The molecule has 0 unspecified atom stereocenters. The Bertz CT molecular complexity index is 460. The summed E-state index contributed by atoms with van der Waals surface area (Å²) < 4.78 is 5.24. The van der Waals surface area contributed by atoms with E-state index in [2.05, 4.69) is 16.0 Å². The van der Waals surface area contributed by atoms with Crippen molar-refractivity contribution in [3.8, 4) is 0 Å². The van der Waals surface area contributed by atoms with Crippen LogP contribution in [0.5, 0.6) is 0 Å². The summed E-state index contributed by atoms with van der Waals surface area (Å²) in [7, 11) is 0. The number of ether oxygens (including phenoxy) is 1. The lowest BCUT2D eigenvalue weighted by molar-refractivity contribution is -0.126. The van der Waals surface area contributed by atoms with Crippen LogP contribution in [0.25, 0.3) is 0 Å². The van der Waals surface area contributed by atoms with Gasteiger partial charge in [0.1, 0.15) is 0 Å². The topological polar surface area (TPSA) is 99.8 Å². The lowest BCUT2D eigenvalue weighted by atomic mass is 9.96. The molecule has 1 saturated carbocycles. The van der Waals surface area contributed by atoms with E-state index < -0.39 is 6.03 Å². The highest BCUT2D eigenvalue weighted by molar-refractivity contribution is 5.95. The number of nitrogens with one attached hydrogen (secondary N) is 3. The second kappa shape index (κ2) is 10.4. The monoisotopic (exact) mass is 354 g/mol. The zero-order chi connectivity index (χ0) is 18.1. The lowest BCUT2D eigenvalue weighted by Crippen LogP contribution is -2.47. The molecule has 142 valence electrons. The first-order chi connectivity index (χ1) is 12.1. The van der Waals surface area contributed by atoms with Crippen LogP contribution in [-0.2, 0) is 14.3 Å². The van der Waals surface area contributed by atoms with Crippen LogP contribution in [0.15, 0.2) is 0 Å². The summed E-state index contributed by atoms with van der Waals surface area (Å²) in [5, 5.41) is 8.03. The number of piperidine rings is 1. The summed E-state index contributed by atoms with van der Waals surface area (Å²) >= 11 is 0. The molecular formula is C17H30N4O4. The smallest absolute Gasteiger partial charge is 0.321 e. The third kappa shape index (κ3) is 7.83. The zero-order valence-electron chi connectivity index (χ0n) is 15.0. The van der Waals surface area contributed by atoms with Gasteiger partial charge in [0.15, 0.2) is 0 Å². The number of urea groups is 1. The van der Waals surface area contributed by atoms with Gasteiger partial charge in [-0.2, -0.15) is 0 Å². The minimum Gasteiger partial charge on any atom is -0.382 e. The number of hydrogen-bond donors (Lipinski definition) is 3. The summed E-state index contributed by atoms with van der Waals surface area (Å²) in [6.07, 6.45) is 4.27. The van der Waals surface area contributed by atoms with Crippen molar-refractivity contribution in [2.45, 2.75) is 45.1 Å². The third-order valence-corrected chi connectivity index (χ3v) is 4.46. The minimum absolute atomic E-state index is 0.00423. The Hall–Kier alpha value is -1.67. The van der Waals surface area contributed by atoms with E-state index in [1.165, 1.54) is 0 Å². The van der Waals surface area contributed by atoms with Gasteiger partial charge >= 0.3 is 6.03 Å². The molecule has 2 fully saturated rings. The molecule has 25 heavy (non-hydrogen) atoms. The molecule has 0 aromatic heterocycles. The van der Waals surface area contributed by atoms with Crippen LogP contribution in [0.3, 0.4) is 0 Å². The lowest BCUT2D eigenvalue weighted by Gasteiger charge is -2.30. The van der Waals surface area contributed by atoms with Gasteiger partial charge in [0.2, 0.25) is 11.8 Å². The maximum absolute atomic E-state index is 12.1. The summed E-state index contributed by atoms with van der Waals surface area (Å²) in [6, 6.07) is -0.176. The number of hydrogen-bond acceptors (Lipinski definition) is 5. The van der Waals surface area contributed by atoms with Crippen molar-refractivity contribution in [1.29, 1.82) is 0 Å². The normalized spacial score (nSPS) is 18.6. The number of imide groups is 1. The summed E-state index contributed by atoms with van der Waals surface area (Å²) in [5.74, 6) is -0.203. The van der Waals surface area contributed by atoms with Gasteiger partial charge in [-0.05, 0) is 52.1 Å². The Morgan fingerprint density at radius 1 is 1.12 bits per heavy atom. The van der Waals surface area contributed by atoms with Gasteiger partial charge in [-0.15, -0.1) is 0 Å². The Balaban J connectivity index is 1.56. The Labute approximate surface area is 149 Å².